The lowest BCUT2D eigenvalue weighted by Gasteiger charge is -2.32. The minimum absolute atomic E-state index is 0.0431. The third-order valence-corrected chi connectivity index (χ3v) is 3.44. The Labute approximate surface area is 114 Å². The molecule has 1 aliphatic heterocycles. The average molecular weight is 318 g/mol. The van der Waals surface area contributed by atoms with Crippen molar-refractivity contribution in [1.29, 1.82) is 0 Å². The van der Waals surface area contributed by atoms with Gasteiger partial charge in [0, 0.05) is 40.7 Å². The number of amides is 1. The lowest BCUT2D eigenvalue weighted by Crippen LogP contribution is -2.51. The molecule has 1 N–H and O–H groups in total. The normalized spacial score (nSPS) is 20.4. The number of carbonyl (C=O) groups is 1. The molecule has 3 nitrogen and oxygen atoms in total. The van der Waals surface area contributed by atoms with Crippen LogP contribution in [0, 0.1) is 0 Å². The number of nitrogens with zero attached hydrogens (tertiary/aromatic N) is 1. The molecule has 92 valence electrons. The molecule has 1 aromatic rings. The maximum atomic E-state index is 12.3. The molecule has 1 heterocycles. The van der Waals surface area contributed by atoms with Crippen molar-refractivity contribution in [2.75, 3.05) is 19.6 Å². The number of carbonyl (C=O) groups excluding carboxylic acids is 1. The van der Waals surface area contributed by atoms with Crippen molar-refractivity contribution in [3.8, 4) is 0 Å². The minimum Gasteiger partial charge on any atom is -0.336 e. The number of piperazine rings is 1. The molecular formula is C12H14BrClN2O. The fourth-order valence-electron chi connectivity index (χ4n) is 1.98. The summed E-state index contributed by atoms with van der Waals surface area (Å²) >= 11 is 9.30. The predicted octanol–water partition coefficient (Wildman–Crippen LogP) is 2.54. The van der Waals surface area contributed by atoms with E-state index in [4.69, 9.17) is 11.6 Å². The summed E-state index contributed by atoms with van der Waals surface area (Å²) in [7, 11) is 0. The van der Waals surface area contributed by atoms with Gasteiger partial charge in [-0.1, -0.05) is 27.5 Å². The summed E-state index contributed by atoms with van der Waals surface area (Å²) in [6, 6.07) is 5.64. The van der Waals surface area contributed by atoms with Crippen LogP contribution in [0.25, 0.3) is 0 Å². The molecule has 0 spiro atoms. The topological polar surface area (TPSA) is 32.3 Å². The zero-order chi connectivity index (χ0) is 12.4. The number of nitrogens with one attached hydrogen (secondary N) is 1. The van der Waals surface area contributed by atoms with Gasteiger partial charge in [-0.15, -0.1) is 0 Å². The van der Waals surface area contributed by atoms with Crippen molar-refractivity contribution in [2.45, 2.75) is 13.0 Å². The molecule has 17 heavy (non-hydrogen) atoms. The van der Waals surface area contributed by atoms with Gasteiger partial charge < -0.3 is 10.2 Å². The third-order valence-electron chi connectivity index (χ3n) is 2.77. The quantitative estimate of drug-likeness (QED) is 0.863. The number of hydrogen-bond acceptors (Lipinski definition) is 2. The van der Waals surface area contributed by atoms with Gasteiger partial charge in [-0.25, -0.2) is 0 Å². The zero-order valence-corrected chi connectivity index (χ0v) is 11.9. The molecule has 0 unspecified atom stereocenters. The van der Waals surface area contributed by atoms with Crippen molar-refractivity contribution >= 4 is 33.4 Å². The molecule has 2 rings (SSSR count). The Kier molecular flexibility index (Phi) is 4.07. The van der Waals surface area contributed by atoms with Crippen molar-refractivity contribution < 1.29 is 4.79 Å². The van der Waals surface area contributed by atoms with E-state index in [9.17, 15) is 4.79 Å². The predicted molar refractivity (Wildman–Crippen MR) is 72.5 cm³/mol. The summed E-state index contributed by atoms with van der Waals surface area (Å²) in [5.74, 6) is 0.0431. The number of halogens is 2. The van der Waals surface area contributed by atoms with Crippen LogP contribution in [0.5, 0.6) is 0 Å². The Balaban J connectivity index is 2.18. The Hall–Kier alpha value is -0.580. The Morgan fingerprint density at radius 3 is 2.94 bits per heavy atom. The highest BCUT2D eigenvalue weighted by Gasteiger charge is 2.21. The second-order valence-corrected chi connectivity index (χ2v) is 5.62. The number of rotatable bonds is 1. The second kappa shape index (κ2) is 5.38. The first-order valence-corrected chi connectivity index (χ1v) is 6.72. The number of benzene rings is 1. The monoisotopic (exact) mass is 316 g/mol. The van der Waals surface area contributed by atoms with Crippen molar-refractivity contribution in [3.05, 3.63) is 33.3 Å². The van der Waals surface area contributed by atoms with Crippen LogP contribution in [0.1, 0.15) is 17.3 Å². The van der Waals surface area contributed by atoms with Crippen LogP contribution < -0.4 is 5.32 Å². The van der Waals surface area contributed by atoms with Gasteiger partial charge in [0.25, 0.3) is 5.91 Å². The molecule has 0 radical (unpaired) electrons. The van der Waals surface area contributed by atoms with Gasteiger partial charge in [-0.2, -0.15) is 0 Å². The summed E-state index contributed by atoms with van der Waals surface area (Å²) in [6.07, 6.45) is 0. The molecule has 0 bridgehead atoms. The molecule has 1 fully saturated rings. The molecule has 1 aromatic carbocycles. The van der Waals surface area contributed by atoms with Crippen molar-refractivity contribution in [3.63, 3.8) is 0 Å². The maximum absolute atomic E-state index is 12.3. The zero-order valence-electron chi connectivity index (χ0n) is 9.54. The van der Waals surface area contributed by atoms with Gasteiger partial charge in [-0.05, 0) is 25.1 Å². The second-order valence-electron chi connectivity index (χ2n) is 4.26. The number of hydrogen-bond donors (Lipinski definition) is 1. The molecule has 0 aromatic heterocycles. The van der Waals surface area contributed by atoms with Gasteiger partial charge in [-0.3, -0.25) is 4.79 Å². The summed E-state index contributed by atoms with van der Waals surface area (Å²) in [5, 5.41) is 3.89. The van der Waals surface area contributed by atoms with Gasteiger partial charge in [0.1, 0.15) is 0 Å². The van der Waals surface area contributed by atoms with E-state index in [0.29, 0.717) is 16.6 Å². The average Bonchev–Trinajstić information content (AvgIpc) is 2.26. The molecular weight excluding hydrogens is 304 g/mol. The van der Waals surface area contributed by atoms with Crippen LogP contribution in [-0.4, -0.2) is 36.5 Å². The lowest BCUT2D eigenvalue weighted by atomic mass is 10.1. The van der Waals surface area contributed by atoms with Gasteiger partial charge in [0.05, 0.1) is 0 Å². The molecule has 0 aliphatic carbocycles. The van der Waals surface area contributed by atoms with E-state index in [1.807, 2.05) is 4.90 Å². The van der Waals surface area contributed by atoms with Crippen LogP contribution in [0.3, 0.4) is 0 Å². The molecule has 0 saturated carbocycles. The fraction of sp³-hybridized carbons (Fsp3) is 0.417. The summed E-state index contributed by atoms with van der Waals surface area (Å²) < 4.78 is 0.830. The SMILES string of the molecule is C[C@H]1CN(C(=O)c2cc(Cl)cc(Br)c2)CCN1. The summed E-state index contributed by atoms with van der Waals surface area (Å²) in [6.45, 7) is 4.40. The van der Waals surface area contributed by atoms with E-state index in [0.717, 1.165) is 24.1 Å². The Morgan fingerprint density at radius 2 is 2.29 bits per heavy atom. The van der Waals surface area contributed by atoms with Crippen LogP contribution >= 0.6 is 27.5 Å². The lowest BCUT2D eigenvalue weighted by molar-refractivity contribution is 0.0709. The molecule has 1 amide bonds. The highest BCUT2D eigenvalue weighted by atomic mass is 79.9. The maximum Gasteiger partial charge on any atom is 0.254 e. The van der Waals surface area contributed by atoms with Gasteiger partial charge in [0.2, 0.25) is 0 Å². The fourth-order valence-corrected chi connectivity index (χ4v) is 2.84. The molecule has 1 atom stereocenters. The first-order valence-electron chi connectivity index (χ1n) is 5.55. The summed E-state index contributed by atoms with van der Waals surface area (Å²) in [4.78, 5) is 14.1. The van der Waals surface area contributed by atoms with E-state index in [-0.39, 0.29) is 5.91 Å². The molecule has 1 saturated heterocycles. The van der Waals surface area contributed by atoms with Crippen LogP contribution in [0.15, 0.2) is 22.7 Å². The van der Waals surface area contributed by atoms with E-state index < -0.39 is 0 Å². The van der Waals surface area contributed by atoms with Crippen molar-refractivity contribution in [1.82, 2.24) is 10.2 Å². The smallest absolute Gasteiger partial charge is 0.254 e. The van der Waals surface area contributed by atoms with Crippen LogP contribution in [-0.2, 0) is 0 Å². The summed E-state index contributed by atoms with van der Waals surface area (Å²) in [5.41, 5.74) is 0.637. The van der Waals surface area contributed by atoms with E-state index >= 15 is 0 Å². The van der Waals surface area contributed by atoms with Crippen molar-refractivity contribution in [2.24, 2.45) is 0 Å². The first-order chi connectivity index (χ1) is 8.06. The van der Waals surface area contributed by atoms with E-state index in [1.165, 1.54) is 0 Å². The van der Waals surface area contributed by atoms with E-state index in [1.54, 1.807) is 18.2 Å². The van der Waals surface area contributed by atoms with Crippen LogP contribution in [0.4, 0.5) is 0 Å². The molecule has 1 aliphatic rings. The third kappa shape index (κ3) is 3.21. The van der Waals surface area contributed by atoms with E-state index in [2.05, 4.69) is 28.2 Å². The standard InChI is InChI=1S/C12H14BrClN2O/c1-8-7-16(3-2-15-8)12(17)9-4-10(13)6-11(14)5-9/h4-6,8,15H,2-3,7H2,1H3/t8-/m0/s1. The first kappa shape index (κ1) is 12.9. The van der Waals surface area contributed by atoms with Crippen LogP contribution in [0.2, 0.25) is 5.02 Å². The van der Waals surface area contributed by atoms with Gasteiger partial charge >= 0.3 is 0 Å². The Morgan fingerprint density at radius 1 is 1.53 bits per heavy atom. The highest BCUT2D eigenvalue weighted by Crippen LogP contribution is 2.21. The molecule has 5 heteroatoms. The highest BCUT2D eigenvalue weighted by molar-refractivity contribution is 9.10. The Bertz CT molecular complexity index is 418. The minimum atomic E-state index is 0.0431. The van der Waals surface area contributed by atoms with Gasteiger partial charge in [0.15, 0.2) is 0 Å². The largest absolute Gasteiger partial charge is 0.336 e.